The van der Waals surface area contributed by atoms with Crippen molar-refractivity contribution in [1.29, 1.82) is 0 Å². The maximum atomic E-state index is 12.5. The van der Waals surface area contributed by atoms with Gasteiger partial charge in [-0.15, -0.1) is 0 Å². The lowest BCUT2D eigenvalue weighted by Crippen LogP contribution is -2.30. The average Bonchev–Trinajstić information content (AvgIpc) is 3.22. The molecule has 1 aliphatic rings. The molecule has 25 heavy (non-hydrogen) atoms. The van der Waals surface area contributed by atoms with Crippen molar-refractivity contribution in [2.75, 3.05) is 5.32 Å². The second-order valence-electron chi connectivity index (χ2n) is 6.41. The van der Waals surface area contributed by atoms with Crippen LogP contribution in [0.5, 0.6) is 0 Å². The van der Waals surface area contributed by atoms with E-state index in [0.29, 0.717) is 6.42 Å². The third-order valence-electron chi connectivity index (χ3n) is 4.85. The lowest BCUT2D eigenvalue weighted by Gasteiger charge is -2.21. The molecule has 1 atom stereocenters. The molecule has 1 unspecified atom stereocenters. The van der Waals surface area contributed by atoms with Crippen LogP contribution < -0.4 is 5.32 Å². The number of amides is 1. The molecular formula is C18H20N6O. The van der Waals surface area contributed by atoms with Gasteiger partial charge < -0.3 is 9.88 Å². The van der Waals surface area contributed by atoms with Crippen molar-refractivity contribution in [2.45, 2.75) is 33.2 Å². The summed E-state index contributed by atoms with van der Waals surface area (Å²) < 4.78 is 3.91. The fraction of sp³-hybridized carbons (Fsp3) is 0.333. The molecule has 0 aliphatic carbocycles. The normalized spacial score (nSPS) is 16.5. The Morgan fingerprint density at radius 3 is 2.72 bits per heavy atom. The number of aryl methyl sites for hydroxylation is 2. The summed E-state index contributed by atoms with van der Waals surface area (Å²) in [4.78, 5) is 21.1. The Balaban J connectivity index is 1.45. The summed E-state index contributed by atoms with van der Waals surface area (Å²) in [5, 5.41) is 7.16. The van der Waals surface area contributed by atoms with Crippen LogP contribution in [0.4, 0.5) is 5.69 Å². The van der Waals surface area contributed by atoms with Gasteiger partial charge in [-0.25, -0.2) is 9.97 Å². The van der Waals surface area contributed by atoms with Gasteiger partial charge in [-0.3, -0.25) is 9.48 Å². The summed E-state index contributed by atoms with van der Waals surface area (Å²) >= 11 is 0. The first kappa shape index (κ1) is 15.6. The number of carbonyl (C=O) groups is 1. The van der Waals surface area contributed by atoms with Crippen molar-refractivity contribution in [3.05, 3.63) is 54.1 Å². The molecule has 4 rings (SSSR count). The summed E-state index contributed by atoms with van der Waals surface area (Å²) in [5.41, 5.74) is 3.96. The lowest BCUT2D eigenvalue weighted by atomic mass is 9.97. The number of imidazole rings is 1. The second kappa shape index (κ2) is 6.16. The van der Waals surface area contributed by atoms with E-state index < -0.39 is 0 Å². The molecule has 7 nitrogen and oxygen atoms in total. The molecule has 128 valence electrons. The first-order valence-corrected chi connectivity index (χ1v) is 8.40. The zero-order valence-electron chi connectivity index (χ0n) is 14.3. The SMILES string of the molecule is Cc1ncn(-c2ccc(NC(=O)C3CCn4ncnc4C3)cc2)c1C. The predicted octanol–water partition coefficient (Wildman–Crippen LogP) is 2.28. The Labute approximate surface area is 145 Å². The average molecular weight is 336 g/mol. The lowest BCUT2D eigenvalue weighted by molar-refractivity contribution is -0.120. The summed E-state index contributed by atoms with van der Waals surface area (Å²) in [6, 6.07) is 7.82. The first-order valence-electron chi connectivity index (χ1n) is 8.40. The summed E-state index contributed by atoms with van der Waals surface area (Å²) in [6.07, 6.45) is 4.79. The van der Waals surface area contributed by atoms with E-state index in [1.807, 2.05) is 53.7 Å². The van der Waals surface area contributed by atoms with Gasteiger partial charge in [0, 0.05) is 36.0 Å². The highest BCUT2D eigenvalue weighted by Gasteiger charge is 2.26. The highest BCUT2D eigenvalue weighted by Crippen LogP contribution is 2.21. The standard InChI is InChI=1S/C18H20N6O/c1-12-13(2)23(11-20-12)16-5-3-15(4-6-16)22-18(25)14-7-8-24-17(9-14)19-10-21-24/h3-6,10-11,14H,7-9H2,1-2H3,(H,22,25). The van der Waals surface area contributed by atoms with Gasteiger partial charge in [0.25, 0.3) is 0 Å². The van der Waals surface area contributed by atoms with E-state index in [1.165, 1.54) is 0 Å². The van der Waals surface area contributed by atoms with E-state index in [9.17, 15) is 4.79 Å². The van der Waals surface area contributed by atoms with E-state index in [2.05, 4.69) is 20.4 Å². The van der Waals surface area contributed by atoms with Crippen LogP contribution in [0.3, 0.4) is 0 Å². The molecule has 3 aromatic rings. The number of nitrogens with one attached hydrogen (secondary N) is 1. The Morgan fingerprint density at radius 2 is 2.00 bits per heavy atom. The highest BCUT2D eigenvalue weighted by molar-refractivity contribution is 5.92. The minimum Gasteiger partial charge on any atom is -0.326 e. The number of hydrogen-bond acceptors (Lipinski definition) is 4. The molecule has 0 fully saturated rings. The third-order valence-corrected chi connectivity index (χ3v) is 4.85. The minimum atomic E-state index is -0.0603. The van der Waals surface area contributed by atoms with Gasteiger partial charge in [0.05, 0.1) is 12.0 Å². The molecular weight excluding hydrogens is 316 g/mol. The molecule has 2 aromatic heterocycles. The van der Waals surface area contributed by atoms with Gasteiger partial charge in [0.2, 0.25) is 5.91 Å². The summed E-state index contributed by atoms with van der Waals surface area (Å²) in [7, 11) is 0. The third kappa shape index (κ3) is 2.93. The highest BCUT2D eigenvalue weighted by atomic mass is 16.1. The molecule has 1 aromatic carbocycles. The van der Waals surface area contributed by atoms with Crippen LogP contribution in [0.1, 0.15) is 23.6 Å². The zero-order chi connectivity index (χ0) is 17.4. The Kier molecular flexibility index (Phi) is 3.83. The number of hydrogen-bond donors (Lipinski definition) is 1. The maximum Gasteiger partial charge on any atom is 0.228 e. The molecule has 1 N–H and O–H groups in total. The van der Waals surface area contributed by atoms with Crippen molar-refractivity contribution < 1.29 is 4.79 Å². The summed E-state index contributed by atoms with van der Waals surface area (Å²) in [5.74, 6) is 0.860. The van der Waals surface area contributed by atoms with Gasteiger partial charge >= 0.3 is 0 Å². The molecule has 0 bridgehead atoms. The van der Waals surface area contributed by atoms with Gasteiger partial charge in [-0.2, -0.15) is 5.10 Å². The number of rotatable bonds is 3. The predicted molar refractivity (Wildman–Crippen MR) is 93.5 cm³/mol. The van der Waals surface area contributed by atoms with E-state index in [0.717, 1.165) is 41.6 Å². The maximum absolute atomic E-state index is 12.5. The minimum absolute atomic E-state index is 0.0386. The largest absolute Gasteiger partial charge is 0.326 e. The van der Waals surface area contributed by atoms with Gasteiger partial charge in [-0.1, -0.05) is 0 Å². The van der Waals surface area contributed by atoms with E-state index in [1.54, 1.807) is 6.33 Å². The molecule has 0 saturated heterocycles. The monoisotopic (exact) mass is 336 g/mol. The van der Waals surface area contributed by atoms with Gasteiger partial charge in [0.15, 0.2) is 0 Å². The van der Waals surface area contributed by atoms with E-state index in [4.69, 9.17) is 0 Å². The summed E-state index contributed by atoms with van der Waals surface area (Å²) in [6.45, 7) is 4.77. The van der Waals surface area contributed by atoms with Crippen LogP contribution in [-0.2, 0) is 17.8 Å². The van der Waals surface area contributed by atoms with Crippen molar-refractivity contribution in [3.8, 4) is 5.69 Å². The van der Waals surface area contributed by atoms with Crippen LogP contribution in [0.25, 0.3) is 5.69 Å². The quantitative estimate of drug-likeness (QED) is 0.796. The number of aromatic nitrogens is 5. The van der Waals surface area contributed by atoms with Crippen molar-refractivity contribution in [2.24, 2.45) is 5.92 Å². The van der Waals surface area contributed by atoms with Crippen LogP contribution in [0.2, 0.25) is 0 Å². The fourth-order valence-electron chi connectivity index (χ4n) is 3.17. The zero-order valence-corrected chi connectivity index (χ0v) is 14.3. The number of benzene rings is 1. The molecule has 1 amide bonds. The molecule has 7 heteroatoms. The topological polar surface area (TPSA) is 77.6 Å². The van der Waals surface area contributed by atoms with Gasteiger partial charge in [0.1, 0.15) is 12.2 Å². The number of carbonyl (C=O) groups excluding carboxylic acids is 1. The van der Waals surface area contributed by atoms with Gasteiger partial charge in [-0.05, 0) is 44.5 Å². The van der Waals surface area contributed by atoms with Crippen molar-refractivity contribution in [3.63, 3.8) is 0 Å². The molecule has 0 spiro atoms. The second-order valence-corrected chi connectivity index (χ2v) is 6.41. The van der Waals surface area contributed by atoms with Crippen LogP contribution >= 0.6 is 0 Å². The fourth-order valence-corrected chi connectivity index (χ4v) is 3.17. The molecule has 0 radical (unpaired) electrons. The Morgan fingerprint density at radius 1 is 1.20 bits per heavy atom. The van der Waals surface area contributed by atoms with Crippen molar-refractivity contribution >= 4 is 11.6 Å². The van der Waals surface area contributed by atoms with E-state index >= 15 is 0 Å². The molecule has 3 heterocycles. The smallest absolute Gasteiger partial charge is 0.228 e. The number of fused-ring (bicyclic) bond motifs is 1. The van der Waals surface area contributed by atoms with Crippen LogP contribution in [0, 0.1) is 19.8 Å². The van der Waals surface area contributed by atoms with Crippen LogP contribution in [0.15, 0.2) is 36.9 Å². The Hall–Kier alpha value is -2.96. The van der Waals surface area contributed by atoms with Crippen molar-refractivity contribution in [1.82, 2.24) is 24.3 Å². The van der Waals surface area contributed by atoms with E-state index in [-0.39, 0.29) is 11.8 Å². The number of nitrogens with zero attached hydrogens (tertiary/aromatic N) is 5. The molecule has 0 saturated carbocycles. The number of anilines is 1. The molecule has 1 aliphatic heterocycles. The first-order chi connectivity index (χ1) is 12.1. The Bertz CT molecular complexity index is 908. The van der Waals surface area contributed by atoms with Crippen LogP contribution in [-0.4, -0.2) is 30.2 Å².